The Labute approximate surface area is 592 Å². The second-order valence-corrected chi connectivity index (χ2v) is 25.5. The van der Waals surface area contributed by atoms with Crippen molar-refractivity contribution in [3.63, 3.8) is 0 Å². The molecular formula is C60H78F14N10O20P2. The lowest BCUT2D eigenvalue weighted by molar-refractivity contribution is -0.231. The maximum absolute atomic E-state index is 13.7. The van der Waals surface area contributed by atoms with Gasteiger partial charge in [0, 0.05) is 26.2 Å². The summed E-state index contributed by atoms with van der Waals surface area (Å²) in [7, 11) is -3.80. The second-order valence-electron chi connectivity index (χ2n) is 23.5. The van der Waals surface area contributed by atoms with E-state index in [1.807, 2.05) is 0 Å². The number of benzene rings is 4. The fourth-order valence-electron chi connectivity index (χ4n) is 10.3. The highest BCUT2D eigenvalue weighted by Crippen LogP contribution is 2.43. The molecule has 8 rings (SSSR count). The Balaban J connectivity index is 0.000000286. The number of H-pyrrole nitrogens is 2. The third kappa shape index (κ3) is 25.8. The lowest BCUT2D eigenvalue weighted by atomic mass is 10.0. The molecule has 30 nitrogen and oxygen atoms in total. The van der Waals surface area contributed by atoms with E-state index in [-0.39, 0.29) is 76.3 Å². The molecule has 0 aliphatic carbocycles. The number of aromatic nitrogens is 6. The minimum absolute atomic E-state index is 0.00693. The monoisotopic (exact) mass is 1590 g/mol. The average molecular weight is 1590 g/mol. The maximum Gasteiger partial charge on any atom is 0.416 e. The average Bonchev–Trinajstić information content (AvgIpc) is 1.20. The number of morpholine rings is 2. The zero-order chi connectivity index (χ0) is 79.7. The highest BCUT2D eigenvalue weighted by Gasteiger charge is 2.43. The Morgan fingerprint density at radius 2 is 0.792 bits per heavy atom. The third-order valence-electron chi connectivity index (χ3n) is 15.8. The molecule has 2 aliphatic rings. The smallest absolute Gasteiger partial charge is 0.394 e. The number of halogens is 14. The van der Waals surface area contributed by atoms with Crippen molar-refractivity contribution in [2.24, 2.45) is 0 Å². The first-order chi connectivity index (χ1) is 49.3. The molecule has 46 heteroatoms. The van der Waals surface area contributed by atoms with E-state index in [9.17, 15) is 100 Å². The first-order valence-corrected chi connectivity index (χ1v) is 33.9. The lowest BCUT2D eigenvalue weighted by Gasteiger charge is -2.41. The molecule has 6 aromatic rings. The van der Waals surface area contributed by atoms with Gasteiger partial charge in [-0.05, 0) is 111 Å². The van der Waals surface area contributed by atoms with Crippen LogP contribution in [0.4, 0.5) is 61.5 Å². The van der Waals surface area contributed by atoms with Crippen LogP contribution in [0.3, 0.4) is 0 Å². The van der Waals surface area contributed by atoms with Crippen LogP contribution < -0.4 is 22.0 Å². The molecule has 0 saturated carbocycles. The predicted octanol–water partition coefficient (Wildman–Crippen LogP) is 2.59. The van der Waals surface area contributed by atoms with Crippen LogP contribution >= 0.6 is 16.4 Å². The van der Waals surface area contributed by atoms with E-state index in [1.54, 1.807) is 23.9 Å². The first-order valence-electron chi connectivity index (χ1n) is 31.3. The van der Waals surface area contributed by atoms with Crippen molar-refractivity contribution in [3.8, 4) is 0 Å². The van der Waals surface area contributed by atoms with Gasteiger partial charge in [-0.3, -0.25) is 28.9 Å². The van der Waals surface area contributed by atoms with E-state index in [2.05, 4.69) is 30.8 Å². The van der Waals surface area contributed by atoms with Crippen LogP contribution in [0.1, 0.15) is 94.3 Å². The summed E-state index contributed by atoms with van der Waals surface area (Å²) in [6.07, 6.45) is -36.7. The molecule has 106 heavy (non-hydrogen) atoms. The molecule has 0 radical (unpaired) electrons. The SMILES string of the molecule is CNC[C@H](O)[C@@H](O)[C@H](O)[C@H](O)CO.CNC[C@H](O)[C@@H](O)[C@H](O)[C@H](O)CO.C[C@@H](O[C@H]1OCCN(Cc2nn([PH](=O)O)c(=O)[nH]2)[C@H]1c1ccc(F)cc1)c1cc(C(F)(F)F)cc(C(F)(F)F)c1.C[C@@H](O[C@H]1OCCN(Cc2nn([PH](=O)O)c(=O)[nH]2)[C@H]1c1ccc(F)cc1)c1cc(C(F)(F)F)cc(C(F)(F)F)c1. The van der Waals surface area contributed by atoms with Crippen molar-refractivity contribution in [2.75, 3.05) is 66.7 Å². The number of nitrogens with zero attached hydrogens (tertiary/aromatic N) is 6. The quantitative estimate of drug-likeness (QED) is 0.0274. The van der Waals surface area contributed by atoms with Gasteiger partial charge in [-0.2, -0.15) is 52.7 Å². The Bertz CT molecular complexity index is 3570. The Kier molecular flexibility index (Phi) is 33.7. The fourth-order valence-corrected chi connectivity index (χ4v) is 11.2. The largest absolute Gasteiger partial charge is 0.416 e. The van der Waals surface area contributed by atoms with Gasteiger partial charge in [0.1, 0.15) is 59.9 Å². The second kappa shape index (κ2) is 39.7. The molecule has 2 aliphatic heterocycles. The molecule has 4 aromatic carbocycles. The van der Waals surface area contributed by atoms with E-state index >= 15 is 0 Å². The molecule has 2 aromatic heterocycles. The predicted molar refractivity (Wildman–Crippen MR) is 339 cm³/mol. The number of aliphatic hydroxyl groups excluding tert-OH is 10. The van der Waals surface area contributed by atoms with Gasteiger partial charge < -0.3 is 90.4 Å². The first kappa shape index (κ1) is 90.1. The number of rotatable bonds is 26. The van der Waals surface area contributed by atoms with Gasteiger partial charge in [0.15, 0.2) is 12.6 Å². The Morgan fingerprint density at radius 3 is 1.04 bits per heavy atom. The van der Waals surface area contributed by atoms with E-state index in [0.717, 1.165) is 24.3 Å². The van der Waals surface area contributed by atoms with Crippen molar-refractivity contribution in [1.29, 1.82) is 0 Å². The van der Waals surface area contributed by atoms with Crippen LogP contribution in [-0.2, 0) is 65.9 Å². The van der Waals surface area contributed by atoms with Crippen LogP contribution in [0, 0.1) is 11.6 Å². The highest BCUT2D eigenvalue weighted by atomic mass is 31.1. The highest BCUT2D eigenvalue weighted by molar-refractivity contribution is 7.36. The topological polar surface area (TPSA) is 446 Å². The van der Waals surface area contributed by atoms with Gasteiger partial charge in [0.2, 0.25) is 0 Å². The molecule has 16 atom stereocenters. The number of likely N-dealkylation sites (N-methyl/N-ethyl adjacent to an activating group) is 2. The maximum atomic E-state index is 13.7. The summed E-state index contributed by atoms with van der Waals surface area (Å²) in [6.45, 7) is 1.48. The van der Waals surface area contributed by atoms with Crippen LogP contribution in [0.2, 0.25) is 0 Å². The lowest BCUT2D eigenvalue weighted by Crippen LogP contribution is -2.48. The standard InChI is InChI=1S/2C23H22F7N4O5P.2C7H17NO5/c2*1-12(14-8-15(22(25,26)27)10-16(9-14)23(28,29)30)39-20-19(13-2-4-17(24)5-3-13)33(6-7-38-20)11-18-31-21(35)34(32-18)40(36)37;2*1-8-2-4(10)6(12)7(13)5(11)3-9/h2*2-5,8-10,12,19-20,40H,6-7,11H2,1H3,(H,36,37)(H,31,32,35);2*4-13H,2-3H2,1H3/t2*12-,19+,20-;2*4-,5+,6+,7+/m1100/s1. The number of alkyl halides is 12. The minimum atomic E-state index is -5.05. The molecule has 0 bridgehead atoms. The molecule has 2 unspecified atom stereocenters. The van der Waals surface area contributed by atoms with E-state index in [1.165, 1.54) is 38.1 Å². The summed E-state index contributed by atoms with van der Waals surface area (Å²) in [5, 5.41) is 103. The molecule has 0 spiro atoms. The summed E-state index contributed by atoms with van der Waals surface area (Å²) in [5.41, 5.74) is -7.86. The summed E-state index contributed by atoms with van der Waals surface area (Å²) in [4.78, 5) is 50.3. The summed E-state index contributed by atoms with van der Waals surface area (Å²) in [6, 6.07) is 10.6. The van der Waals surface area contributed by atoms with Crippen molar-refractivity contribution >= 4 is 16.4 Å². The van der Waals surface area contributed by atoms with Crippen LogP contribution in [-0.4, -0.2) is 228 Å². The van der Waals surface area contributed by atoms with Crippen molar-refractivity contribution in [3.05, 3.63) is 174 Å². The Morgan fingerprint density at radius 1 is 0.509 bits per heavy atom. The van der Waals surface area contributed by atoms with E-state index < -0.39 is 196 Å². The summed E-state index contributed by atoms with van der Waals surface area (Å²) >= 11 is 0. The van der Waals surface area contributed by atoms with Gasteiger partial charge >= 0.3 is 52.4 Å². The van der Waals surface area contributed by atoms with Crippen LogP contribution in [0.5, 0.6) is 0 Å². The summed E-state index contributed by atoms with van der Waals surface area (Å²) < 4.78 is 234. The van der Waals surface area contributed by atoms with Crippen molar-refractivity contribution in [2.45, 2.75) is 137 Å². The number of nitrogens with one attached hydrogen (secondary N) is 4. The molecule has 2 saturated heterocycles. The molecular weight excluding hydrogens is 1510 g/mol. The fraction of sp³-hybridized carbons (Fsp3) is 0.533. The molecule has 0 amide bonds. The zero-order valence-electron chi connectivity index (χ0n) is 55.8. The number of aromatic amines is 2. The van der Waals surface area contributed by atoms with Gasteiger partial charge in [-0.25, -0.2) is 18.4 Å². The number of aliphatic hydroxyl groups is 10. The third-order valence-corrected chi connectivity index (χ3v) is 17.1. The van der Waals surface area contributed by atoms with Gasteiger partial charge in [-0.15, -0.1) is 19.1 Å². The molecule has 2 fully saturated rings. The van der Waals surface area contributed by atoms with Gasteiger partial charge in [0.25, 0.3) is 0 Å². The number of hydrogen-bond acceptors (Lipinski definition) is 24. The Hall–Kier alpha value is -6.56. The van der Waals surface area contributed by atoms with Gasteiger partial charge in [0.05, 0.1) is 98.3 Å². The molecule has 596 valence electrons. The van der Waals surface area contributed by atoms with E-state index in [0.29, 0.717) is 44.3 Å². The number of hydrogen-bond donors (Lipinski definition) is 16. The molecule has 4 heterocycles. The summed E-state index contributed by atoms with van der Waals surface area (Å²) in [5.74, 6) is -1.16. The minimum Gasteiger partial charge on any atom is -0.394 e. The van der Waals surface area contributed by atoms with Crippen molar-refractivity contribution in [1.82, 2.24) is 49.5 Å². The van der Waals surface area contributed by atoms with Gasteiger partial charge in [-0.1, -0.05) is 24.3 Å². The number of ether oxygens (including phenoxy) is 4. The van der Waals surface area contributed by atoms with Crippen LogP contribution in [0.25, 0.3) is 0 Å². The zero-order valence-corrected chi connectivity index (χ0v) is 57.8. The van der Waals surface area contributed by atoms with E-state index in [4.69, 9.17) is 59.8 Å². The molecule has 16 N–H and O–H groups in total. The van der Waals surface area contributed by atoms with Crippen LogP contribution in [0.15, 0.2) is 94.5 Å². The van der Waals surface area contributed by atoms with Crippen molar-refractivity contribution < 1.29 is 150 Å². The normalized spacial score (nSPS) is 20.5.